The van der Waals surface area contributed by atoms with Crippen molar-refractivity contribution in [2.24, 2.45) is 0 Å². The zero-order valence-corrected chi connectivity index (χ0v) is 13.1. The summed E-state index contributed by atoms with van der Waals surface area (Å²) in [6.07, 6.45) is 0.931. The molecule has 0 spiro atoms. The van der Waals surface area contributed by atoms with Gasteiger partial charge in [0.05, 0.1) is 11.4 Å². The van der Waals surface area contributed by atoms with Crippen LogP contribution in [0.5, 0.6) is 0 Å². The van der Waals surface area contributed by atoms with Crippen LogP contribution in [0.1, 0.15) is 18.1 Å². The second-order valence-electron chi connectivity index (χ2n) is 4.99. The molecule has 0 amide bonds. The molecule has 4 nitrogen and oxygen atoms in total. The summed E-state index contributed by atoms with van der Waals surface area (Å²) in [4.78, 5) is 0. The number of benzene rings is 2. The third kappa shape index (κ3) is 3.76. The van der Waals surface area contributed by atoms with Gasteiger partial charge in [-0.1, -0.05) is 31.2 Å². The first-order valence-electron chi connectivity index (χ1n) is 6.82. The summed E-state index contributed by atoms with van der Waals surface area (Å²) in [5.74, 6) is -0.0654. The second-order valence-corrected chi connectivity index (χ2v) is 6.99. The van der Waals surface area contributed by atoms with Gasteiger partial charge in [0.25, 0.3) is 0 Å². The third-order valence-electron chi connectivity index (χ3n) is 3.43. The summed E-state index contributed by atoms with van der Waals surface area (Å²) >= 11 is 0. The first-order chi connectivity index (χ1) is 9.92. The molecule has 0 unspecified atom stereocenters. The van der Waals surface area contributed by atoms with E-state index >= 15 is 0 Å². The van der Waals surface area contributed by atoms with Gasteiger partial charge in [-0.25, -0.2) is 8.42 Å². The van der Waals surface area contributed by atoms with Crippen LogP contribution in [0.15, 0.2) is 48.5 Å². The van der Waals surface area contributed by atoms with Gasteiger partial charge in [-0.2, -0.15) is 0 Å². The van der Waals surface area contributed by atoms with Crippen molar-refractivity contribution in [3.05, 3.63) is 59.7 Å². The number of aryl methyl sites for hydroxylation is 1. The van der Waals surface area contributed by atoms with Crippen LogP contribution in [-0.4, -0.2) is 15.5 Å². The number of hydrogen-bond donors (Lipinski definition) is 1. The van der Waals surface area contributed by atoms with Crippen LogP contribution in [0.25, 0.3) is 0 Å². The van der Waals surface area contributed by atoms with Crippen molar-refractivity contribution in [2.75, 3.05) is 17.1 Å². The van der Waals surface area contributed by atoms with E-state index in [0.29, 0.717) is 16.9 Å². The number of nitrogen functional groups attached to an aromatic ring is 1. The smallest absolute Gasteiger partial charge is 0.239 e. The fraction of sp³-hybridized carbons (Fsp3) is 0.250. The Bertz CT molecular complexity index is 709. The zero-order chi connectivity index (χ0) is 15.5. The average molecular weight is 304 g/mol. The maximum Gasteiger partial charge on any atom is 0.239 e. The standard InChI is InChI=1S/C16H20N2O2S/c1-3-13-7-9-16(10-8-13)18(2)21(19,20)12-14-5-4-6-15(17)11-14/h4-11H,3,12,17H2,1-2H3. The molecule has 21 heavy (non-hydrogen) atoms. The van der Waals surface area contributed by atoms with E-state index in [-0.39, 0.29) is 5.75 Å². The van der Waals surface area contributed by atoms with Crippen molar-refractivity contribution in [1.29, 1.82) is 0 Å². The van der Waals surface area contributed by atoms with Crippen LogP contribution < -0.4 is 10.0 Å². The van der Waals surface area contributed by atoms with Crippen LogP contribution >= 0.6 is 0 Å². The van der Waals surface area contributed by atoms with E-state index in [1.54, 1.807) is 31.3 Å². The Labute approximate surface area is 126 Å². The van der Waals surface area contributed by atoms with Gasteiger partial charge in [-0.15, -0.1) is 0 Å². The predicted molar refractivity (Wildman–Crippen MR) is 87.7 cm³/mol. The maximum atomic E-state index is 12.5. The van der Waals surface area contributed by atoms with Crippen LogP contribution in [0.4, 0.5) is 11.4 Å². The molecule has 0 saturated carbocycles. The van der Waals surface area contributed by atoms with E-state index in [0.717, 1.165) is 6.42 Å². The highest BCUT2D eigenvalue weighted by molar-refractivity contribution is 7.92. The lowest BCUT2D eigenvalue weighted by atomic mass is 10.1. The summed E-state index contributed by atoms with van der Waals surface area (Å²) in [5.41, 5.74) is 8.79. The van der Waals surface area contributed by atoms with E-state index in [2.05, 4.69) is 6.92 Å². The molecule has 0 fully saturated rings. The Balaban J connectivity index is 2.21. The molecule has 0 aromatic heterocycles. The normalized spacial score (nSPS) is 11.3. The fourth-order valence-electron chi connectivity index (χ4n) is 2.09. The number of hydrogen-bond acceptors (Lipinski definition) is 3. The number of anilines is 2. The van der Waals surface area contributed by atoms with E-state index in [4.69, 9.17) is 5.73 Å². The lowest BCUT2D eigenvalue weighted by Crippen LogP contribution is -2.27. The highest BCUT2D eigenvalue weighted by Gasteiger charge is 2.19. The Hall–Kier alpha value is -2.01. The summed E-state index contributed by atoms with van der Waals surface area (Å²) in [6.45, 7) is 2.06. The molecule has 0 atom stereocenters. The Morgan fingerprint density at radius 1 is 1.05 bits per heavy atom. The molecule has 2 rings (SSSR count). The van der Waals surface area contributed by atoms with Crippen molar-refractivity contribution < 1.29 is 8.42 Å². The molecule has 0 bridgehead atoms. The van der Waals surface area contributed by atoms with Crippen molar-refractivity contribution in [3.8, 4) is 0 Å². The molecule has 2 aromatic carbocycles. The minimum absolute atomic E-state index is 0.0654. The van der Waals surface area contributed by atoms with E-state index in [1.165, 1.54) is 9.87 Å². The predicted octanol–water partition coefficient (Wildman–Crippen LogP) is 2.80. The van der Waals surface area contributed by atoms with Gasteiger partial charge >= 0.3 is 0 Å². The number of nitrogens with two attached hydrogens (primary N) is 1. The van der Waals surface area contributed by atoms with Crippen LogP contribution in [0.2, 0.25) is 0 Å². The monoisotopic (exact) mass is 304 g/mol. The first-order valence-corrected chi connectivity index (χ1v) is 8.43. The van der Waals surface area contributed by atoms with E-state index in [9.17, 15) is 8.42 Å². The molecule has 112 valence electrons. The molecule has 0 aliphatic carbocycles. The number of sulfonamides is 1. The summed E-state index contributed by atoms with van der Waals surface area (Å²) in [5, 5.41) is 0. The van der Waals surface area contributed by atoms with Gasteiger partial charge in [0.15, 0.2) is 0 Å². The quantitative estimate of drug-likeness (QED) is 0.864. The van der Waals surface area contributed by atoms with Crippen molar-refractivity contribution >= 4 is 21.4 Å². The average Bonchev–Trinajstić information content (AvgIpc) is 2.46. The van der Waals surface area contributed by atoms with Gasteiger partial charge in [-0.05, 0) is 41.8 Å². The molecule has 0 heterocycles. The van der Waals surface area contributed by atoms with Gasteiger partial charge in [0.1, 0.15) is 0 Å². The Morgan fingerprint density at radius 2 is 1.71 bits per heavy atom. The molecule has 5 heteroatoms. The summed E-state index contributed by atoms with van der Waals surface area (Å²) in [6, 6.07) is 14.5. The highest BCUT2D eigenvalue weighted by Crippen LogP contribution is 2.20. The van der Waals surface area contributed by atoms with Crippen LogP contribution in [-0.2, 0) is 22.2 Å². The topological polar surface area (TPSA) is 63.4 Å². The van der Waals surface area contributed by atoms with Gasteiger partial charge in [0, 0.05) is 12.7 Å². The lowest BCUT2D eigenvalue weighted by Gasteiger charge is -2.20. The highest BCUT2D eigenvalue weighted by atomic mass is 32.2. The third-order valence-corrected chi connectivity index (χ3v) is 5.17. The number of nitrogens with zero attached hydrogens (tertiary/aromatic N) is 1. The van der Waals surface area contributed by atoms with Crippen molar-refractivity contribution in [1.82, 2.24) is 0 Å². The molecule has 0 aliphatic heterocycles. The zero-order valence-electron chi connectivity index (χ0n) is 12.3. The second kappa shape index (κ2) is 6.18. The van der Waals surface area contributed by atoms with Gasteiger partial charge in [0.2, 0.25) is 10.0 Å². The minimum Gasteiger partial charge on any atom is -0.399 e. The largest absolute Gasteiger partial charge is 0.399 e. The first kappa shape index (κ1) is 15.4. The summed E-state index contributed by atoms with van der Waals surface area (Å²) < 4.78 is 26.2. The molecule has 0 saturated heterocycles. The fourth-order valence-corrected chi connectivity index (χ4v) is 3.33. The maximum absolute atomic E-state index is 12.5. The lowest BCUT2D eigenvalue weighted by molar-refractivity contribution is 0.593. The van der Waals surface area contributed by atoms with Crippen LogP contribution in [0, 0.1) is 0 Å². The molecular formula is C16H20N2O2S. The van der Waals surface area contributed by atoms with E-state index < -0.39 is 10.0 Å². The van der Waals surface area contributed by atoms with E-state index in [1.807, 2.05) is 24.3 Å². The number of rotatable bonds is 5. The van der Waals surface area contributed by atoms with Gasteiger partial charge in [-0.3, -0.25) is 4.31 Å². The molecule has 0 aliphatic rings. The molecule has 2 N–H and O–H groups in total. The summed E-state index contributed by atoms with van der Waals surface area (Å²) in [7, 11) is -1.85. The Morgan fingerprint density at radius 3 is 2.29 bits per heavy atom. The minimum atomic E-state index is -3.42. The van der Waals surface area contributed by atoms with Gasteiger partial charge < -0.3 is 5.73 Å². The van der Waals surface area contributed by atoms with Crippen molar-refractivity contribution in [3.63, 3.8) is 0 Å². The SMILES string of the molecule is CCc1ccc(N(C)S(=O)(=O)Cc2cccc(N)c2)cc1. The van der Waals surface area contributed by atoms with Crippen molar-refractivity contribution in [2.45, 2.75) is 19.1 Å². The molecule has 0 radical (unpaired) electrons. The molecular weight excluding hydrogens is 284 g/mol. The Kier molecular flexibility index (Phi) is 4.53. The molecule has 2 aromatic rings. The van der Waals surface area contributed by atoms with Crippen LogP contribution in [0.3, 0.4) is 0 Å².